The number of nitrogens with one attached hydrogen (secondary N) is 1. The summed E-state index contributed by atoms with van der Waals surface area (Å²) < 4.78 is 41.1. The van der Waals surface area contributed by atoms with Gasteiger partial charge in [-0.2, -0.15) is 4.98 Å². The Morgan fingerprint density at radius 2 is 2.04 bits per heavy atom. The average molecular weight is 381 g/mol. The van der Waals surface area contributed by atoms with E-state index in [1.807, 2.05) is 20.2 Å². The predicted octanol–water partition coefficient (Wildman–Crippen LogP) is 2.91. The molecule has 0 fully saturated rings. The SMILES string of the molecule is CN(C)CCNc1nccc(N2CCc3cc(OC(F)(F)F)ccc3C2)n1. The Morgan fingerprint density at radius 3 is 2.78 bits per heavy atom. The number of benzene rings is 1. The first-order valence-corrected chi connectivity index (χ1v) is 8.64. The third kappa shape index (κ3) is 5.46. The Labute approximate surface area is 156 Å². The third-order valence-electron chi connectivity index (χ3n) is 4.23. The molecule has 9 heteroatoms. The molecule has 0 aliphatic carbocycles. The lowest BCUT2D eigenvalue weighted by molar-refractivity contribution is -0.274. The van der Waals surface area contributed by atoms with Gasteiger partial charge in [0.1, 0.15) is 11.6 Å². The molecule has 27 heavy (non-hydrogen) atoms. The number of fused-ring (bicyclic) bond motifs is 1. The standard InChI is InChI=1S/C18H22F3N5O/c1-25(2)10-8-23-17-22-7-5-16(24-17)26-9-6-13-11-15(27-18(19,20)21)4-3-14(13)12-26/h3-5,7,11H,6,8-10,12H2,1-2H3,(H,22,23,24). The van der Waals surface area contributed by atoms with Crippen LogP contribution in [0.3, 0.4) is 0 Å². The number of nitrogens with zero attached hydrogens (tertiary/aromatic N) is 4. The van der Waals surface area contributed by atoms with Gasteiger partial charge in [0.2, 0.25) is 5.95 Å². The predicted molar refractivity (Wildman–Crippen MR) is 97.0 cm³/mol. The molecular formula is C18H22F3N5O. The second kappa shape index (κ2) is 7.99. The van der Waals surface area contributed by atoms with Crippen molar-refractivity contribution in [2.45, 2.75) is 19.3 Å². The fraction of sp³-hybridized carbons (Fsp3) is 0.444. The highest BCUT2D eigenvalue weighted by atomic mass is 19.4. The van der Waals surface area contributed by atoms with Gasteiger partial charge in [-0.25, -0.2) is 4.98 Å². The third-order valence-corrected chi connectivity index (χ3v) is 4.23. The van der Waals surface area contributed by atoms with Crippen LogP contribution in [0.25, 0.3) is 0 Å². The number of anilines is 2. The lowest BCUT2D eigenvalue weighted by atomic mass is 9.99. The molecule has 0 atom stereocenters. The highest BCUT2D eigenvalue weighted by Gasteiger charge is 2.31. The van der Waals surface area contributed by atoms with E-state index in [2.05, 4.69) is 29.8 Å². The highest BCUT2D eigenvalue weighted by Crippen LogP contribution is 2.29. The number of alkyl halides is 3. The minimum absolute atomic E-state index is 0.177. The molecule has 2 aromatic rings. The van der Waals surface area contributed by atoms with Crippen LogP contribution < -0.4 is 15.0 Å². The van der Waals surface area contributed by atoms with Gasteiger partial charge >= 0.3 is 6.36 Å². The van der Waals surface area contributed by atoms with Crippen LogP contribution in [0, 0.1) is 0 Å². The van der Waals surface area contributed by atoms with Crippen molar-refractivity contribution in [3.63, 3.8) is 0 Å². The molecule has 0 unspecified atom stereocenters. The van der Waals surface area contributed by atoms with E-state index in [4.69, 9.17) is 0 Å². The maximum atomic E-state index is 12.4. The van der Waals surface area contributed by atoms with Crippen LogP contribution >= 0.6 is 0 Å². The zero-order chi connectivity index (χ0) is 19.4. The van der Waals surface area contributed by atoms with Crippen molar-refractivity contribution in [3.8, 4) is 5.75 Å². The first kappa shape index (κ1) is 19.2. The largest absolute Gasteiger partial charge is 0.573 e. The lowest BCUT2D eigenvalue weighted by Gasteiger charge is -2.30. The molecule has 0 spiro atoms. The molecule has 146 valence electrons. The van der Waals surface area contributed by atoms with Crippen LogP contribution in [0.2, 0.25) is 0 Å². The van der Waals surface area contributed by atoms with Crippen molar-refractivity contribution < 1.29 is 17.9 Å². The Bertz CT molecular complexity index is 782. The number of halogens is 3. The molecule has 6 nitrogen and oxygen atoms in total. The second-order valence-electron chi connectivity index (χ2n) is 6.62. The summed E-state index contributed by atoms with van der Waals surface area (Å²) in [6.45, 7) is 2.85. The maximum Gasteiger partial charge on any atom is 0.573 e. The van der Waals surface area contributed by atoms with Gasteiger partial charge in [0.15, 0.2) is 0 Å². The Morgan fingerprint density at radius 1 is 1.22 bits per heavy atom. The topological polar surface area (TPSA) is 53.5 Å². The van der Waals surface area contributed by atoms with Crippen LogP contribution in [0.4, 0.5) is 24.9 Å². The zero-order valence-electron chi connectivity index (χ0n) is 15.3. The minimum Gasteiger partial charge on any atom is -0.406 e. The van der Waals surface area contributed by atoms with Gasteiger partial charge < -0.3 is 19.9 Å². The van der Waals surface area contributed by atoms with Crippen molar-refractivity contribution in [1.82, 2.24) is 14.9 Å². The number of rotatable bonds is 6. The number of aromatic nitrogens is 2. The molecule has 0 saturated carbocycles. The van der Waals surface area contributed by atoms with Crippen LogP contribution in [-0.4, -0.2) is 55.0 Å². The van der Waals surface area contributed by atoms with Gasteiger partial charge in [-0.15, -0.1) is 13.2 Å². The van der Waals surface area contributed by atoms with Crippen molar-refractivity contribution in [2.24, 2.45) is 0 Å². The summed E-state index contributed by atoms with van der Waals surface area (Å²) in [4.78, 5) is 12.9. The number of hydrogen-bond donors (Lipinski definition) is 1. The van der Waals surface area contributed by atoms with Gasteiger partial charge in [-0.1, -0.05) is 6.07 Å². The molecule has 1 aromatic heterocycles. The molecule has 0 saturated heterocycles. The molecule has 2 heterocycles. The zero-order valence-corrected chi connectivity index (χ0v) is 15.3. The molecule has 1 N–H and O–H groups in total. The van der Waals surface area contributed by atoms with Crippen molar-refractivity contribution in [1.29, 1.82) is 0 Å². The average Bonchev–Trinajstić information content (AvgIpc) is 2.60. The first-order valence-electron chi connectivity index (χ1n) is 8.64. The molecule has 1 aliphatic heterocycles. The van der Waals surface area contributed by atoms with Gasteiger partial charge in [0, 0.05) is 32.4 Å². The lowest BCUT2D eigenvalue weighted by Crippen LogP contribution is -2.31. The fourth-order valence-electron chi connectivity index (χ4n) is 2.92. The number of hydrogen-bond acceptors (Lipinski definition) is 6. The fourth-order valence-corrected chi connectivity index (χ4v) is 2.92. The number of ether oxygens (including phenoxy) is 1. The molecular weight excluding hydrogens is 359 g/mol. The van der Waals surface area contributed by atoms with Crippen molar-refractivity contribution in [3.05, 3.63) is 41.6 Å². The van der Waals surface area contributed by atoms with Crippen LogP contribution in [0.1, 0.15) is 11.1 Å². The molecule has 0 bridgehead atoms. The van der Waals surface area contributed by atoms with Crippen LogP contribution in [0.15, 0.2) is 30.5 Å². The summed E-state index contributed by atoms with van der Waals surface area (Å²) >= 11 is 0. The van der Waals surface area contributed by atoms with E-state index in [9.17, 15) is 13.2 Å². The van der Waals surface area contributed by atoms with Gasteiger partial charge in [-0.05, 0) is 49.8 Å². The van der Waals surface area contributed by atoms with E-state index in [-0.39, 0.29) is 5.75 Å². The Kier molecular flexibility index (Phi) is 5.69. The van der Waals surface area contributed by atoms with E-state index >= 15 is 0 Å². The summed E-state index contributed by atoms with van der Waals surface area (Å²) in [7, 11) is 3.99. The smallest absolute Gasteiger partial charge is 0.406 e. The highest BCUT2D eigenvalue weighted by molar-refractivity contribution is 5.47. The molecule has 0 amide bonds. The second-order valence-corrected chi connectivity index (χ2v) is 6.62. The van der Waals surface area contributed by atoms with Gasteiger partial charge in [-0.3, -0.25) is 0 Å². The maximum absolute atomic E-state index is 12.4. The summed E-state index contributed by atoms with van der Waals surface area (Å²) in [5.74, 6) is 1.18. The summed E-state index contributed by atoms with van der Waals surface area (Å²) in [5.41, 5.74) is 1.84. The number of likely N-dealkylation sites (N-methyl/N-ethyl adjacent to an activating group) is 1. The minimum atomic E-state index is -4.67. The van der Waals surface area contributed by atoms with E-state index in [1.54, 1.807) is 12.3 Å². The van der Waals surface area contributed by atoms with E-state index in [0.29, 0.717) is 25.5 Å². The van der Waals surface area contributed by atoms with Gasteiger partial charge in [0.05, 0.1) is 0 Å². The monoisotopic (exact) mass is 381 g/mol. The van der Waals surface area contributed by atoms with Crippen LogP contribution in [-0.2, 0) is 13.0 Å². The van der Waals surface area contributed by atoms with Gasteiger partial charge in [0.25, 0.3) is 0 Å². The van der Waals surface area contributed by atoms with Crippen molar-refractivity contribution in [2.75, 3.05) is 43.9 Å². The molecule has 1 aromatic carbocycles. The van der Waals surface area contributed by atoms with E-state index in [0.717, 1.165) is 30.0 Å². The molecule has 0 radical (unpaired) electrons. The first-order chi connectivity index (χ1) is 12.8. The summed E-state index contributed by atoms with van der Waals surface area (Å²) in [6.07, 6.45) is -2.35. The summed E-state index contributed by atoms with van der Waals surface area (Å²) in [6, 6.07) is 6.33. The van der Waals surface area contributed by atoms with E-state index in [1.165, 1.54) is 12.1 Å². The Hall–Kier alpha value is -2.55. The molecule has 1 aliphatic rings. The Balaban J connectivity index is 1.67. The van der Waals surface area contributed by atoms with Crippen LogP contribution in [0.5, 0.6) is 5.75 Å². The van der Waals surface area contributed by atoms with Crippen molar-refractivity contribution >= 4 is 11.8 Å². The quantitative estimate of drug-likeness (QED) is 0.831. The summed E-state index contributed by atoms with van der Waals surface area (Å²) in [5, 5.41) is 3.19. The van der Waals surface area contributed by atoms with E-state index < -0.39 is 6.36 Å². The molecule has 3 rings (SSSR count). The normalized spacial score (nSPS) is 14.2.